The predicted octanol–water partition coefficient (Wildman–Crippen LogP) is 8.22. The van der Waals surface area contributed by atoms with Gasteiger partial charge in [-0.3, -0.25) is 20.2 Å². The van der Waals surface area contributed by atoms with Crippen LogP contribution >= 0.6 is 0 Å². The lowest BCUT2D eigenvalue weighted by atomic mass is 9.86. The van der Waals surface area contributed by atoms with Gasteiger partial charge in [-0.25, -0.2) is 0 Å². The molecule has 6 rings (SSSR count). The van der Waals surface area contributed by atoms with Crippen LogP contribution < -0.4 is 0 Å². The van der Waals surface area contributed by atoms with Crippen LogP contribution in [0.3, 0.4) is 0 Å². The van der Waals surface area contributed by atoms with E-state index in [1.807, 2.05) is 60.7 Å². The molecule has 0 saturated carbocycles. The van der Waals surface area contributed by atoms with E-state index < -0.39 is 9.85 Å². The summed E-state index contributed by atoms with van der Waals surface area (Å²) in [4.78, 5) is 21.4. The summed E-state index contributed by atoms with van der Waals surface area (Å²) in [6.07, 6.45) is 0. The quantitative estimate of drug-likeness (QED) is 0.171. The number of non-ortho nitro benzene ring substituents is 2. The Balaban J connectivity index is 1.68. The smallest absolute Gasteiger partial charge is 0.269 e. The van der Waals surface area contributed by atoms with Crippen molar-refractivity contribution in [1.29, 1.82) is 0 Å². The van der Waals surface area contributed by atoms with Crippen molar-refractivity contribution >= 4 is 32.9 Å². The maximum Gasteiger partial charge on any atom is 0.269 e. The lowest BCUT2D eigenvalue weighted by Crippen LogP contribution is -1.93. The van der Waals surface area contributed by atoms with Gasteiger partial charge in [-0.1, -0.05) is 48.5 Å². The summed E-state index contributed by atoms with van der Waals surface area (Å²) in [5.41, 5.74) is 2.73. The second kappa shape index (κ2) is 9.52. The number of hydrogen-bond acceptors (Lipinski definition) is 6. The first-order valence-electron chi connectivity index (χ1n) is 12.3. The Morgan fingerprint density at radius 3 is 1.20 bits per heavy atom. The highest BCUT2D eigenvalue weighted by Crippen LogP contribution is 2.51. The standard InChI is InChI=1S/C32H20N2O6/c35-31-27(19-9-13-23(14-10-19)33(37)38)17-21-5-1-3-7-25(21)29(31)30-26-8-4-2-6-22(26)18-28(32(30)36)20-11-15-24(16-12-20)34(39)40/h1-18,35-36H. The number of nitro groups is 2. The van der Waals surface area contributed by atoms with Gasteiger partial charge in [0.1, 0.15) is 11.5 Å². The Morgan fingerprint density at radius 2 is 0.850 bits per heavy atom. The maximum atomic E-state index is 11.8. The van der Waals surface area contributed by atoms with Gasteiger partial charge in [0.25, 0.3) is 11.4 Å². The molecule has 0 fully saturated rings. The van der Waals surface area contributed by atoms with Crippen LogP contribution in [0, 0.1) is 20.2 Å². The van der Waals surface area contributed by atoms with E-state index in [0.717, 1.165) is 10.8 Å². The lowest BCUT2D eigenvalue weighted by molar-refractivity contribution is -0.385. The van der Waals surface area contributed by atoms with Crippen molar-refractivity contribution in [3.63, 3.8) is 0 Å². The van der Waals surface area contributed by atoms with E-state index >= 15 is 0 Å². The minimum atomic E-state index is -0.483. The average Bonchev–Trinajstić information content (AvgIpc) is 2.97. The Kier molecular flexibility index (Phi) is 5.85. The third-order valence-corrected chi connectivity index (χ3v) is 7.07. The van der Waals surface area contributed by atoms with Gasteiger partial charge >= 0.3 is 0 Å². The molecule has 0 atom stereocenters. The van der Waals surface area contributed by atoms with Crippen molar-refractivity contribution in [3.8, 4) is 44.9 Å². The second-order valence-electron chi connectivity index (χ2n) is 9.35. The van der Waals surface area contributed by atoms with Gasteiger partial charge in [-0.15, -0.1) is 0 Å². The van der Waals surface area contributed by atoms with Crippen LogP contribution in [-0.4, -0.2) is 20.1 Å². The number of benzene rings is 6. The summed E-state index contributed by atoms with van der Waals surface area (Å²) in [5, 5.41) is 49.0. The van der Waals surface area contributed by atoms with E-state index in [9.17, 15) is 30.4 Å². The number of aromatic hydroxyl groups is 2. The molecule has 8 nitrogen and oxygen atoms in total. The molecule has 0 amide bonds. The molecule has 0 spiro atoms. The van der Waals surface area contributed by atoms with Gasteiger partial charge < -0.3 is 10.2 Å². The fraction of sp³-hybridized carbons (Fsp3) is 0. The predicted molar refractivity (Wildman–Crippen MR) is 154 cm³/mol. The zero-order valence-electron chi connectivity index (χ0n) is 20.8. The molecule has 0 aliphatic rings. The Labute approximate surface area is 227 Å². The highest BCUT2D eigenvalue weighted by atomic mass is 16.6. The molecule has 0 aliphatic heterocycles. The Hall–Kier alpha value is -5.76. The van der Waals surface area contributed by atoms with Gasteiger partial charge in [0.05, 0.1) is 9.85 Å². The van der Waals surface area contributed by atoms with E-state index in [-0.39, 0.29) is 22.9 Å². The molecule has 194 valence electrons. The molecular formula is C32H20N2O6. The van der Waals surface area contributed by atoms with Crippen LogP contribution in [0.1, 0.15) is 0 Å². The van der Waals surface area contributed by atoms with Crippen LogP contribution in [0.4, 0.5) is 11.4 Å². The summed E-state index contributed by atoms with van der Waals surface area (Å²) in [7, 11) is 0. The first-order valence-corrected chi connectivity index (χ1v) is 12.3. The van der Waals surface area contributed by atoms with Gasteiger partial charge in [-0.05, 0) is 69.1 Å². The second-order valence-corrected chi connectivity index (χ2v) is 9.35. The summed E-state index contributed by atoms with van der Waals surface area (Å²) in [6, 6.07) is 30.4. The van der Waals surface area contributed by atoms with Gasteiger partial charge in [0.15, 0.2) is 0 Å². The van der Waals surface area contributed by atoms with Crippen molar-refractivity contribution < 1.29 is 20.1 Å². The Morgan fingerprint density at radius 1 is 0.500 bits per heavy atom. The molecular weight excluding hydrogens is 508 g/mol. The van der Waals surface area contributed by atoms with Crippen molar-refractivity contribution in [2.45, 2.75) is 0 Å². The summed E-state index contributed by atoms with van der Waals surface area (Å²) < 4.78 is 0. The molecule has 0 heterocycles. The number of nitrogens with zero attached hydrogens (tertiary/aromatic N) is 2. The third-order valence-electron chi connectivity index (χ3n) is 7.07. The summed E-state index contributed by atoms with van der Waals surface area (Å²) >= 11 is 0. The summed E-state index contributed by atoms with van der Waals surface area (Å²) in [6.45, 7) is 0. The molecule has 0 aromatic heterocycles. The molecule has 6 aromatic rings. The first-order chi connectivity index (χ1) is 19.3. The highest BCUT2D eigenvalue weighted by Gasteiger charge is 2.23. The Bertz CT molecular complexity index is 1820. The molecule has 8 heteroatoms. The van der Waals surface area contributed by atoms with Gasteiger partial charge in [0.2, 0.25) is 0 Å². The van der Waals surface area contributed by atoms with Crippen LogP contribution in [-0.2, 0) is 0 Å². The van der Waals surface area contributed by atoms with E-state index in [0.29, 0.717) is 44.2 Å². The summed E-state index contributed by atoms with van der Waals surface area (Å²) in [5.74, 6) is -0.178. The van der Waals surface area contributed by atoms with Crippen LogP contribution in [0.2, 0.25) is 0 Å². The third kappa shape index (κ3) is 4.04. The van der Waals surface area contributed by atoms with Crippen LogP contribution in [0.15, 0.2) is 109 Å². The maximum absolute atomic E-state index is 11.8. The van der Waals surface area contributed by atoms with Crippen molar-refractivity contribution in [2.75, 3.05) is 0 Å². The van der Waals surface area contributed by atoms with E-state index in [1.54, 1.807) is 24.3 Å². The van der Waals surface area contributed by atoms with E-state index in [2.05, 4.69) is 0 Å². The minimum absolute atomic E-state index is 0.0660. The van der Waals surface area contributed by atoms with Crippen LogP contribution in [0.5, 0.6) is 11.5 Å². The number of nitro benzene ring substituents is 2. The zero-order valence-corrected chi connectivity index (χ0v) is 20.8. The van der Waals surface area contributed by atoms with E-state index in [1.165, 1.54) is 24.3 Å². The lowest BCUT2D eigenvalue weighted by Gasteiger charge is -2.19. The largest absolute Gasteiger partial charge is 0.507 e. The molecule has 0 bridgehead atoms. The molecule has 0 unspecified atom stereocenters. The molecule has 0 radical (unpaired) electrons. The van der Waals surface area contributed by atoms with Crippen molar-refractivity contribution in [3.05, 3.63) is 129 Å². The monoisotopic (exact) mass is 528 g/mol. The fourth-order valence-electron chi connectivity index (χ4n) is 5.14. The van der Waals surface area contributed by atoms with Crippen LogP contribution in [0.25, 0.3) is 54.9 Å². The highest BCUT2D eigenvalue weighted by molar-refractivity contribution is 6.13. The fourth-order valence-corrected chi connectivity index (χ4v) is 5.14. The van der Waals surface area contributed by atoms with Gasteiger partial charge in [-0.2, -0.15) is 0 Å². The van der Waals surface area contributed by atoms with Crippen molar-refractivity contribution in [2.24, 2.45) is 0 Å². The number of hydrogen-bond donors (Lipinski definition) is 2. The zero-order chi connectivity index (χ0) is 28.0. The molecule has 0 aliphatic carbocycles. The molecule has 40 heavy (non-hydrogen) atoms. The molecule has 6 aromatic carbocycles. The van der Waals surface area contributed by atoms with E-state index in [4.69, 9.17) is 0 Å². The first kappa shape index (κ1) is 24.6. The number of phenols is 2. The number of fused-ring (bicyclic) bond motifs is 2. The number of phenolic OH excluding ortho intramolecular Hbond substituents is 2. The molecule has 2 N–H and O–H groups in total. The normalized spacial score (nSPS) is 11.1. The van der Waals surface area contributed by atoms with Gasteiger partial charge in [0, 0.05) is 46.5 Å². The SMILES string of the molecule is O=[N+]([O-])c1ccc(-c2cc3ccccc3c(-c3c(O)c(-c4ccc([N+](=O)[O-])cc4)cc4ccccc34)c2O)cc1. The minimum Gasteiger partial charge on any atom is -0.507 e. The number of rotatable bonds is 5. The topological polar surface area (TPSA) is 127 Å². The van der Waals surface area contributed by atoms with Crippen molar-refractivity contribution in [1.82, 2.24) is 0 Å². The average molecular weight is 529 g/mol. The molecule has 0 saturated heterocycles.